The summed E-state index contributed by atoms with van der Waals surface area (Å²) in [6, 6.07) is 0. The number of ether oxygens (including phenoxy) is 8. The molecule has 4 saturated heterocycles. The summed E-state index contributed by atoms with van der Waals surface area (Å²) in [6.07, 6.45) is -20.8. The van der Waals surface area contributed by atoms with Gasteiger partial charge in [-0.15, -0.1) is 0 Å². The van der Waals surface area contributed by atoms with Gasteiger partial charge < -0.3 is 99.2 Å². The molecule has 0 spiro atoms. The quantitative estimate of drug-likeness (QED) is 0.0971. The highest BCUT2D eigenvalue weighted by Crippen LogP contribution is 2.76. The van der Waals surface area contributed by atoms with Crippen molar-refractivity contribution in [2.24, 2.45) is 50.2 Å². The molecule has 8 fully saturated rings. The molecular weight excluding hydrogens is 973 g/mol. The number of carbonyl (C=O) groups is 1. The van der Waals surface area contributed by atoms with Crippen molar-refractivity contribution in [1.29, 1.82) is 0 Å². The normalized spacial score (nSPS) is 54.1. The van der Waals surface area contributed by atoms with Gasteiger partial charge in [0, 0.05) is 0 Å². The van der Waals surface area contributed by atoms with Crippen molar-refractivity contribution in [2.45, 2.75) is 242 Å². The average molecular weight is 1060 g/mol. The maximum Gasteiger partial charge on any atom is 0.310 e. The second-order valence-corrected chi connectivity index (χ2v) is 25.8. The van der Waals surface area contributed by atoms with Gasteiger partial charge in [0.15, 0.2) is 25.2 Å². The van der Waals surface area contributed by atoms with Crippen LogP contribution in [0.15, 0.2) is 11.6 Å². The van der Waals surface area contributed by atoms with Crippen LogP contribution >= 0.6 is 0 Å². The lowest BCUT2D eigenvalue weighted by molar-refractivity contribution is -0.391. The first-order valence-corrected chi connectivity index (χ1v) is 27.1. The fraction of sp³-hybridized carbons (Fsp3) is 0.943. The van der Waals surface area contributed by atoms with E-state index in [1.54, 1.807) is 0 Å². The predicted molar refractivity (Wildman–Crippen MR) is 256 cm³/mol. The zero-order valence-electron chi connectivity index (χ0n) is 44.1. The van der Waals surface area contributed by atoms with E-state index in [-0.39, 0.29) is 40.1 Å². The van der Waals surface area contributed by atoms with Crippen LogP contribution in [-0.4, -0.2) is 210 Å². The van der Waals surface area contributed by atoms with Crippen LogP contribution < -0.4 is 0 Å². The van der Waals surface area contributed by atoms with Crippen LogP contribution in [0.1, 0.15) is 120 Å². The summed E-state index contributed by atoms with van der Waals surface area (Å²) in [5, 5.41) is 129. The van der Waals surface area contributed by atoms with Gasteiger partial charge in [-0.3, -0.25) is 4.79 Å². The largest absolute Gasteiger partial charge is 0.481 e. The number of fused-ring (bicyclic) bond motifs is 7. The predicted octanol–water partition coefficient (Wildman–Crippen LogP) is 0.197. The fourth-order valence-electron chi connectivity index (χ4n) is 16.3. The number of carboxylic acid groups (broad SMARTS) is 1. The van der Waals surface area contributed by atoms with Crippen LogP contribution in [0.2, 0.25) is 0 Å². The van der Waals surface area contributed by atoms with Gasteiger partial charge in [0.1, 0.15) is 85.5 Å². The van der Waals surface area contributed by atoms with Crippen molar-refractivity contribution in [3.8, 4) is 0 Å². The van der Waals surface area contributed by atoms with Crippen LogP contribution in [0.5, 0.6) is 0 Å². The fourth-order valence-corrected chi connectivity index (χ4v) is 16.3. The summed E-state index contributed by atoms with van der Waals surface area (Å²) in [7, 11) is 0. The van der Waals surface area contributed by atoms with Crippen LogP contribution in [-0.2, 0) is 42.7 Å². The summed E-state index contributed by atoms with van der Waals surface area (Å²) >= 11 is 0. The van der Waals surface area contributed by atoms with E-state index < -0.39 is 153 Å². The van der Waals surface area contributed by atoms with E-state index in [0.717, 1.165) is 44.9 Å². The van der Waals surface area contributed by atoms with Gasteiger partial charge in [-0.25, -0.2) is 0 Å². The van der Waals surface area contributed by atoms with Gasteiger partial charge >= 0.3 is 5.97 Å². The Kier molecular flexibility index (Phi) is 15.8. The first-order valence-electron chi connectivity index (χ1n) is 27.1. The molecule has 12 N–H and O–H groups in total. The third-order valence-corrected chi connectivity index (χ3v) is 21.1. The van der Waals surface area contributed by atoms with Gasteiger partial charge in [-0.2, -0.15) is 0 Å². The second kappa shape index (κ2) is 20.5. The molecule has 21 nitrogen and oxygen atoms in total. The Morgan fingerprint density at radius 1 is 0.608 bits per heavy atom. The minimum absolute atomic E-state index is 0.0103. The Morgan fingerprint density at radius 3 is 1.80 bits per heavy atom. The summed E-state index contributed by atoms with van der Waals surface area (Å²) in [5.74, 6) is -0.226. The number of hydrogen-bond acceptors (Lipinski definition) is 20. The molecule has 4 aliphatic heterocycles. The molecule has 4 saturated carbocycles. The number of hydrogen-bond donors (Lipinski definition) is 12. The molecule has 5 aliphatic carbocycles. The highest BCUT2D eigenvalue weighted by Gasteiger charge is 2.70. The van der Waals surface area contributed by atoms with Crippen molar-refractivity contribution in [2.75, 3.05) is 19.8 Å². The Labute approximate surface area is 433 Å². The molecule has 4 heterocycles. The third-order valence-electron chi connectivity index (χ3n) is 21.1. The molecule has 0 unspecified atom stereocenters. The van der Waals surface area contributed by atoms with Crippen molar-refractivity contribution in [3.63, 3.8) is 0 Å². The molecule has 9 rings (SSSR count). The van der Waals surface area contributed by atoms with Crippen LogP contribution in [0.25, 0.3) is 0 Å². The first-order chi connectivity index (χ1) is 34.6. The van der Waals surface area contributed by atoms with Crippen LogP contribution in [0, 0.1) is 50.2 Å². The molecule has 9 aliphatic rings. The molecule has 424 valence electrons. The number of aliphatic hydroxyl groups excluding tert-OH is 11. The molecule has 0 aromatic rings. The molecule has 0 bridgehead atoms. The smallest absolute Gasteiger partial charge is 0.310 e. The van der Waals surface area contributed by atoms with Crippen molar-refractivity contribution >= 4 is 5.97 Å². The minimum atomic E-state index is -1.89. The third kappa shape index (κ3) is 9.17. The zero-order chi connectivity index (χ0) is 54.0. The number of aliphatic hydroxyl groups is 11. The SMILES string of the molecule is C[C@@H]1O[C@@H](O[C@H]2[C@H](O[C@H]3CC[C@]4(C)[C@H]5CC=C6[C@@H]7CC(C)(C)CC[C@]7(C(=O)O)CC[C@@]6(C)[C@]5(C)CC[C@H]4C3(C)C)OC[C@H](O[C@@H]3O[C@H](CO)[C@@H](O)[C@H](O)[C@H]3O)[C@@H]2O)[C@H](O)[C@H](O[C@@H]2O[C@H](CO)[C@@H](O)[C@H](O)[C@H]2O)[C@H]1O. The maximum absolute atomic E-state index is 13.2. The summed E-state index contributed by atoms with van der Waals surface area (Å²) in [6.45, 7) is 15.8. The van der Waals surface area contributed by atoms with E-state index in [4.69, 9.17) is 37.9 Å². The van der Waals surface area contributed by atoms with Gasteiger partial charge in [-0.1, -0.05) is 60.1 Å². The highest BCUT2D eigenvalue weighted by atomic mass is 16.8. The summed E-state index contributed by atoms with van der Waals surface area (Å²) in [5.41, 5.74) is -0.257. The standard InChI is InChI=1S/C53H86O21/c1-23-32(56)41(73-44-39(63)37(61)34(58)27(21-55)70-44)40(64)45(68-23)74-42-35(59)28(71-43-38(62)36(60)33(57)26(20-54)69-43)22-67-46(42)72-31-12-13-50(6)29(49(31,4)5)11-14-52(8)30(50)10-9-24-25-19-48(2,3)15-17-53(25,47(65)66)18-16-51(24,52)7/h9,23,25-46,54-64H,10-22H2,1-8H3,(H,65,66)/t23-,25-,26+,27+,28-,29-,30+,31-,32-,33+,34+,35-,36-,37-,38+,39+,40+,41+,42+,43-,44-,45-,46-,50-,51+,52+,53-/m0/s1. The van der Waals surface area contributed by atoms with E-state index in [1.165, 1.54) is 12.5 Å². The molecule has 21 heteroatoms. The number of rotatable bonds is 11. The minimum Gasteiger partial charge on any atom is -0.481 e. The monoisotopic (exact) mass is 1060 g/mol. The Hall–Kier alpha value is -1.55. The van der Waals surface area contributed by atoms with E-state index >= 15 is 0 Å². The summed E-state index contributed by atoms with van der Waals surface area (Å²) in [4.78, 5) is 13.2. The molecule has 0 aromatic carbocycles. The van der Waals surface area contributed by atoms with Gasteiger partial charge in [0.05, 0.1) is 37.4 Å². The Morgan fingerprint density at radius 2 is 1.19 bits per heavy atom. The van der Waals surface area contributed by atoms with Crippen molar-refractivity contribution in [3.05, 3.63) is 11.6 Å². The molecule has 0 amide bonds. The van der Waals surface area contributed by atoms with E-state index in [9.17, 15) is 66.1 Å². The first kappa shape index (κ1) is 57.1. The van der Waals surface area contributed by atoms with Gasteiger partial charge in [0.25, 0.3) is 0 Å². The lowest BCUT2D eigenvalue weighted by atomic mass is 9.33. The molecule has 74 heavy (non-hydrogen) atoms. The number of allylic oxidation sites excluding steroid dienone is 2. The summed E-state index contributed by atoms with van der Waals surface area (Å²) < 4.78 is 48.8. The number of aliphatic carboxylic acids is 1. The number of carboxylic acids is 1. The molecule has 0 aromatic heterocycles. The van der Waals surface area contributed by atoms with E-state index in [1.807, 2.05) is 0 Å². The van der Waals surface area contributed by atoms with Gasteiger partial charge in [-0.05, 0) is 116 Å². The molecular formula is C53H86O21. The van der Waals surface area contributed by atoms with Crippen LogP contribution in [0.3, 0.4) is 0 Å². The van der Waals surface area contributed by atoms with E-state index in [2.05, 4.69) is 54.5 Å². The van der Waals surface area contributed by atoms with Crippen molar-refractivity contribution in [1.82, 2.24) is 0 Å². The lowest BCUT2D eigenvalue weighted by Gasteiger charge is -2.71. The average Bonchev–Trinajstić information content (AvgIpc) is 3.35. The lowest BCUT2D eigenvalue weighted by Crippen LogP contribution is -2.67. The van der Waals surface area contributed by atoms with Gasteiger partial charge in [0.2, 0.25) is 0 Å². The Balaban J connectivity index is 0.971. The topological polar surface area (TPSA) is 334 Å². The maximum atomic E-state index is 13.2. The Bertz CT molecular complexity index is 2040. The van der Waals surface area contributed by atoms with Crippen LogP contribution in [0.4, 0.5) is 0 Å². The second-order valence-electron chi connectivity index (χ2n) is 25.8. The molecule has 27 atom stereocenters. The van der Waals surface area contributed by atoms with Crippen molar-refractivity contribution < 1.29 is 104 Å². The zero-order valence-corrected chi connectivity index (χ0v) is 44.1. The van der Waals surface area contributed by atoms with E-state index in [0.29, 0.717) is 25.2 Å². The molecule has 0 radical (unpaired) electrons. The highest BCUT2D eigenvalue weighted by molar-refractivity contribution is 5.76.